The first-order valence-electron chi connectivity index (χ1n) is 3.73. The van der Waals surface area contributed by atoms with Gasteiger partial charge in [-0.3, -0.25) is 0 Å². The van der Waals surface area contributed by atoms with Crippen LogP contribution in [0.4, 0.5) is 0 Å². The summed E-state index contributed by atoms with van der Waals surface area (Å²) >= 11 is 0. The van der Waals surface area contributed by atoms with E-state index in [1.54, 1.807) is 0 Å². The van der Waals surface area contributed by atoms with Gasteiger partial charge in [-0.05, 0) is 0 Å². The molecule has 0 radical (unpaired) electrons. The van der Waals surface area contributed by atoms with E-state index in [-0.39, 0.29) is 20.4 Å². The van der Waals surface area contributed by atoms with Gasteiger partial charge in [-0.2, -0.15) is 0 Å². The number of hydrogen-bond acceptors (Lipinski definition) is 10. The largest absolute Gasteiger partial charge is 2.00 e. The predicted octanol–water partition coefficient (Wildman–Crippen LogP) is -2.67. The van der Waals surface area contributed by atoms with Crippen molar-refractivity contribution in [2.45, 2.75) is 0 Å². The number of nitrogens with zero attached hydrogens (tertiary/aromatic N) is 2. The van der Waals surface area contributed by atoms with Crippen LogP contribution in [-0.4, -0.2) is 36.4 Å². The number of nitrogens with two attached hydrogens (primary N) is 4. The maximum Gasteiger partial charge on any atom is 2.00 e. The Labute approximate surface area is 111 Å². The van der Waals surface area contributed by atoms with Gasteiger partial charge in [0.2, 0.25) is 0 Å². The summed E-state index contributed by atoms with van der Waals surface area (Å²) in [6.45, 7) is 2.39. The third-order valence-electron chi connectivity index (χ3n) is 0.333. The molecule has 0 spiro atoms. The van der Waals surface area contributed by atoms with Crippen molar-refractivity contribution in [2.75, 3.05) is 26.2 Å². The van der Waals surface area contributed by atoms with E-state index < -0.39 is 10.2 Å². The maximum absolute atomic E-state index is 8.25. The predicted molar refractivity (Wildman–Crippen MR) is 56.9 cm³/mol. The van der Waals surface area contributed by atoms with Gasteiger partial charge in [0.1, 0.15) is 0 Å². The van der Waals surface area contributed by atoms with Crippen LogP contribution in [0.2, 0.25) is 0 Å². The summed E-state index contributed by atoms with van der Waals surface area (Å²) in [6, 6.07) is 0. The summed E-state index contributed by atoms with van der Waals surface area (Å²) in [5.41, 5.74) is 19.6. The maximum atomic E-state index is 8.25. The van der Waals surface area contributed by atoms with Crippen LogP contribution in [0, 0.1) is 30.6 Å². The molecule has 0 atom stereocenters. The van der Waals surface area contributed by atoms with Crippen LogP contribution >= 0.6 is 0 Å². The molecule has 0 aromatic rings. The van der Waals surface area contributed by atoms with Gasteiger partial charge in [0.25, 0.3) is 0 Å². The van der Waals surface area contributed by atoms with Gasteiger partial charge in [0, 0.05) is 26.2 Å². The molecular formula is C4H16N6O6Pd. The second-order valence-electron chi connectivity index (χ2n) is 1.60. The van der Waals surface area contributed by atoms with Gasteiger partial charge in [-0.25, -0.2) is 0 Å². The third kappa shape index (κ3) is 3050. The fourth-order valence-corrected chi connectivity index (χ4v) is 0. The van der Waals surface area contributed by atoms with Crippen LogP contribution in [0.1, 0.15) is 0 Å². The Morgan fingerprint density at radius 3 is 0.706 bits per heavy atom. The first-order chi connectivity index (χ1) is 7.29. The summed E-state index contributed by atoms with van der Waals surface area (Å²) in [5.74, 6) is 0. The first kappa shape index (κ1) is 29.7. The number of rotatable bonds is 2. The molecular weight excluding hydrogens is 334 g/mol. The molecule has 0 saturated heterocycles. The van der Waals surface area contributed by atoms with Crippen molar-refractivity contribution in [3.63, 3.8) is 0 Å². The molecule has 0 fully saturated rings. The molecule has 8 N–H and O–H groups in total. The molecule has 0 aliphatic carbocycles. The van der Waals surface area contributed by atoms with Crippen molar-refractivity contribution in [1.82, 2.24) is 0 Å². The molecule has 0 bridgehead atoms. The molecule has 108 valence electrons. The summed E-state index contributed by atoms with van der Waals surface area (Å²) in [7, 11) is 0. The molecule has 0 aliphatic heterocycles. The van der Waals surface area contributed by atoms with E-state index in [0.717, 1.165) is 0 Å². The van der Waals surface area contributed by atoms with Gasteiger partial charge < -0.3 is 53.6 Å². The summed E-state index contributed by atoms with van der Waals surface area (Å²) < 4.78 is 0. The Morgan fingerprint density at radius 1 is 0.647 bits per heavy atom. The molecule has 0 heterocycles. The quantitative estimate of drug-likeness (QED) is 0.228. The normalized spacial score (nSPS) is 6.35. The fourth-order valence-electron chi connectivity index (χ4n) is 0. The van der Waals surface area contributed by atoms with Gasteiger partial charge >= 0.3 is 20.4 Å². The third-order valence-corrected chi connectivity index (χ3v) is 0.333. The van der Waals surface area contributed by atoms with Crippen LogP contribution in [0.5, 0.6) is 0 Å². The van der Waals surface area contributed by atoms with Crippen molar-refractivity contribution in [1.29, 1.82) is 0 Å². The minimum Gasteiger partial charge on any atom is -0.356 e. The van der Waals surface area contributed by atoms with Crippen molar-refractivity contribution >= 4 is 0 Å². The second-order valence-corrected chi connectivity index (χ2v) is 1.60. The molecule has 0 saturated carbocycles. The van der Waals surface area contributed by atoms with Gasteiger partial charge in [0.15, 0.2) is 0 Å². The molecule has 0 rings (SSSR count). The summed E-state index contributed by atoms with van der Waals surface area (Å²) in [4.78, 5) is 16.5. The smallest absolute Gasteiger partial charge is 0.356 e. The summed E-state index contributed by atoms with van der Waals surface area (Å²) in [6.07, 6.45) is 0. The minimum absolute atomic E-state index is 0. The van der Waals surface area contributed by atoms with Crippen LogP contribution in [-0.2, 0) is 20.4 Å². The van der Waals surface area contributed by atoms with E-state index in [1.807, 2.05) is 0 Å². The molecule has 17 heavy (non-hydrogen) atoms. The average molecular weight is 351 g/mol. The Morgan fingerprint density at radius 2 is 0.706 bits per heavy atom. The van der Waals surface area contributed by atoms with Crippen molar-refractivity contribution in [3.05, 3.63) is 30.6 Å². The SMILES string of the molecule is NCCN.NCCN.O=[N+]([O-])[O-].O=[N+]([O-])[O-].[Pd+2]. The van der Waals surface area contributed by atoms with Crippen LogP contribution < -0.4 is 22.9 Å². The van der Waals surface area contributed by atoms with Crippen molar-refractivity contribution < 1.29 is 30.6 Å². The van der Waals surface area contributed by atoms with Gasteiger partial charge in [-0.1, -0.05) is 0 Å². The average Bonchev–Trinajstić information content (AvgIpc) is 2.16. The van der Waals surface area contributed by atoms with Crippen molar-refractivity contribution in [3.8, 4) is 0 Å². The van der Waals surface area contributed by atoms with E-state index in [4.69, 9.17) is 53.6 Å². The Balaban J connectivity index is -0.0000000369. The molecule has 0 amide bonds. The Kier molecular flexibility index (Phi) is 63.5. The zero-order valence-electron chi connectivity index (χ0n) is 8.80. The van der Waals surface area contributed by atoms with E-state index in [0.29, 0.717) is 26.2 Å². The zero-order valence-corrected chi connectivity index (χ0v) is 10.4. The fraction of sp³-hybridized carbons (Fsp3) is 1.00. The molecule has 0 unspecified atom stereocenters. The zero-order chi connectivity index (χ0) is 14.0. The van der Waals surface area contributed by atoms with E-state index in [2.05, 4.69) is 0 Å². The molecule has 13 heteroatoms. The number of hydrogen-bond donors (Lipinski definition) is 4. The van der Waals surface area contributed by atoms with Crippen molar-refractivity contribution in [2.24, 2.45) is 22.9 Å². The van der Waals surface area contributed by atoms with E-state index in [9.17, 15) is 0 Å². The van der Waals surface area contributed by atoms with Gasteiger partial charge in [0.05, 0.1) is 10.2 Å². The van der Waals surface area contributed by atoms with E-state index in [1.165, 1.54) is 0 Å². The Bertz CT molecular complexity index is 122. The molecule has 12 nitrogen and oxygen atoms in total. The van der Waals surface area contributed by atoms with Gasteiger partial charge in [-0.15, -0.1) is 0 Å². The second kappa shape index (κ2) is 36.3. The molecule has 0 aromatic carbocycles. The molecule has 0 aliphatic rings. The topological polar surface area (TPSA) is 236 Å². The first-order valence-corrected chi connectivity index (χ1v) is 3.73. The van der Waals surface area contributed by atoms with Crippen LogP contribution in [0.3, 0.4) is 0 Å². The monoisotopic (exact) mass is 350 g/mol. The Hall–Kier alpha value is -1.10. The minimum atomic E-state index is -1.75. The van der Waals surface area contributed by atoms with Crippen LogP contribution in [0.15, 0.2) is 0 Å². The molecule has 0 aromatic heterocycles. The van der Waals surface area contributed by atoms with E-state index >= 15 is 0 Å². The van der Waals surface area contributed by atoms with Crippen LogP contribution in [0.25, 0.3) is 0 Å². The standard InChI is InChI=1S/2C2H8N2.2NO3.Pd/c2*3-1-2-4;2*2-1(3)4;/h2*1-4H2;;;/q;;2*-1;+2. The summed E-state index contributed by atoms with van der Waals surface area (Å²) in [5, 5.41) is 29.5.